The Bertz CT molecular complexity index is 574. The van der Waals surface area contributed by atoms with E-state index in [1.807, 2.05) is 36.4 Å². The molecule has 0 saturated carbocycles. The van der Waals surface area contributed by atoms with Crippen LogP contribution in [0.2, 0.25) is 0 Å². The highest BCUT2D eigenvalue weighted by Gasteiger charge is 2.18. The van der Waals surface area contributed by atoms with Gasteiger partial charge in [0, 0.05) is 13.5 Å². The van der Waals surface area contributed by atoms with Crippen molar-refractivity contribution in [1.29, 1.82) is 0 Å². The van der Waals surface area contributed by atoms with E-state index in [1.54, 1.807) is 24.3 Å². The number of aliphatic hydroxyl groups is 1. The van der Waals surface area contributed by atoms with Gasteiger partial charge >= 0.3 is 5.97 Å². The van der Waals surface area contributed by atoms with Crippen molar-refractivity contribution in [3.8, 4) is 0 Å². The fourth-order valence-corrected chi connectivity index (χ4v) is 1.99. The Kier molecular flexibility index (Phi) is 6.09. The number of hydroxylamine groups is 1. The smallest absolute Gasteiger partial charge is 0.356 e. The summed E-state index contributed by atoms with van der Waals surface area (Å²) >= 11 is 0. The number of hydrogen-bond acceptors (Lipinski definition) is 5. The van der Waals surface area contributed by atoms with Gasteiger partial charge in [0.15, 0.2) is 6.29 Å². The molecule has 2 aromatic carbocycles. The van der Waals surface area contributed by atoms with Crippen molar-refractivity contribution in [2.24, 2.45) is 0 Å². The molecule has 0 bridgehead atoms. The van der Waals surface area contributed by atoms with Crippen molar-refractivity contribution in [1.82, 2.24) is 5.48 Å². The molecule has 2 rings (SSSR count). The molecule has 0 amide bonds. The summed E-state index contributed by atoms with van der Waals surface area (Å²) in [4.78, 5) is 17.1. The number of methoxy groups -OCH3 is 1. The zero-order valence-electron chi connectivity index (χ0n) is 12.3. The van der Waals surface area contributed by atoms with Crippen LogP contribution < -0.4 is 5.48 Å². The van der Waals surface area contributed by atoms with Gasteiger partial charge in [-0.2, -0.15) is 0 Å². The fraction of sp³-hybridized carbons (Fsp3) is 0.235. The molecule has 116 valence electrons. The van der Waals surface area contributed by atoms with Gasteiger partial charge in [0.1, 0.15) is 0 Å². The number of ether oxygens (including phenoxy) is 1. The molecule has 0 heterocycles. The summed E-state index contributed by atoms with van der Waals surface area (Å²) in [5.41, 5.74) is 4.05. The van der Waals surface area contributed by atoms with Crippen molar-refractivity contribution in [2.45, 2.75) is 18.8 Å². The molecule has 22 heavy (non-hydrogen) atoms. The Labute approximate surface area is 129 Å². The second-order valence-corrected chi connectivity index (χ2v) is 4.76. The lowest BCUT2D eigenvalue weighted by atomic mass is 10.0. The fourth-order valence-electron chi connectivity index (χ4n) is 1.99. The number of hydrogen-bond donors (Lipinski definition) is 2. The van der Waals surface area contributed by atoms with E-state index < -0.39 is 12.3 Å². The maximum atomic E-state index is 12.0. The standard InChI is InChI=1S/C17H19NO4/c1-21-16(19)12-15(13-8-4-2-5-9-13)18-22-17(20)14-10-6-3-7-11-14/h2-11,15-16,18-19H,12H2,1H3. The molecule has 0 aliphatic heterocycles. The first-order chi connectivity index (χ1) is 10.7. The third-order valence-electron chi connectivity index (χ3n) is 3.21. The summed E-state index contributed by atoms with van der Waals surface area (Å²) in [6.07, 6.45) is -0.698. The molecule has 2 N–H and O–H groups in total. The molecular formula is C17H19NO4. The van der Waals surface area contributed by atoms with Gasteiger partial charge in [0.05, 0.1) is 11.6 Å². The van der Waals surface area contributed by atoms with Gasteiger partial charge in [-0.1, -0.05) is 48.5 Å². The molecule has 2 atom stereocenters. The second kappa shape index (κ2) is 8.29. The van der Waals surface area contributed by atoms with Gasteiger partial charge in [-0.15, -0.1) is 5.48 Å². The van der Waals surface area contributed by atoms with Crippen LogP contribution >= 0.6 is 0 Å². The average Bonchev–Trinajstić information content (AvgIpc) is 2.59. The predicted molar refractivity (Wildman–Crippen MR) is 81.8 cm³/mol. The number of carbonyl (C=O) groups is 1. The molecule has 5 heteroatoms. The molecule has 5 nitrogen and oxygen atoms in total. The number of rotatable bonds is 7. The minimum absolute atomic E-state index is 0.253. The summed E-state index contributed by atoms with van der Waals surface area (Å²) in [5, 5.41) is 9.67. The van der Waals surface area contributed by atoms with Crippen LogP contribution in [0.3, 0.4) is 0 Å². The second-order valence-electron chi connectivity index (χ2n) is 4.76. The maximum Gasteiger partial charge on any atom is 0.356 e. The van der Waals surface area contributed by atoms with E-state index in [9.17, 15) is 9.90 Å². The van der Waals surface area contributed by atoms with Gasteiger partial charge in [-0.05, 0) is 17.7 Å². The third kappa shape index (κ3) is 4.66. The van der Waals surface area contributed by atoms with Crippen molar-refractivity contribution in [3.05, 3.63) is 71.8 Å². The lowest BCUT2D eigenvalue weighted by molar-refractivity contribution is -0.0921. The molecule has 0 aromatic heterocycles. The zero-order chi connectivity index (χ0) is 15.8. The van der Waals surface area contributed by atoms with Crippen molar-refractivity contribution < 1.29 is 19.5 Å². The van der Waals surface area contributed by atoms with E-state index >= 15 is 0 Å². The normalized spacial score (nSPS) is 13.4. The summed E-state index contributed by atoms with van der Waals surface area (Å²) in [5.74, 6) is -0.478. The van der Waals surface area contributed by atoms with Crippen LogP contribution in [0, 0.1) is 0 Å². The number of aliphatic hydroxyl groups excluding tert-OH is 1. The first kappa shape index (κ1) is 16.2. The number of nitrogens with one attached hydrogen (secondary N) is 1. The van der Waals surface area contributed by atoms with Gasteiger partial charge in [0.25, 0.3) is 0 Å². The van der Waals surface area contributed by atoms with Gasteiger partial charge in [-0.3, -0.25) is 0 Å². The molecule has 0 fully saturated rings. The SMILES string of the molecule is COC(O)CC(NOC(=O)c1ccccc1)c1ccccc1. The molecule has 2 aromatic rings. The number of benzene rings is 2. The summed E-state index contributed by atoms with van der Waals surface area (Å²) in [6, 6.07) is 17.7. The van der Waals surface area contributed by atoms with Crippen LogP contribution in [0.5, 0.6) is 0 Å². The van der Waals surface area contributed by atoms with Gasteiger partial charge < -0.3 is 14.7 Å². The summed E-state index contributed by atoms with van der Waals surface area (Å²) in [7, 11) is 1.42. The predicted octanol–water partition coefficient (Wildman–Crippen LogP) is 2.44. The Morgan fingerprint density at radius 3 is 2.27 bits per heavy atom. The highest BCUT2D eigenvalue weighted by atomic mass is 16.7. The molecule has 0 aliphatic rings. The average molecular weight is 301 g/mol. The van der Waals surface area contributed by atoms with Crippen LogP contribution in [-0.2, 0) is 9.57 Å². The minimum Gasteiger partial charge on any atom is -0.368 e. The highest BCUT2D eigenvalue weighted by Crippen LogP contribution is 2.19. The van der Waals surface area contributed by atoms with E-state index in [4.69, 9.17) is 9.57 Å². The maximum absolute atomic E-state index is 12.0. The Morgan fingerprint density at radius 2 is 1.68 bits per heavy atom. The van der Waals surface area contributed by atoms with E-state index in [1.165, 1.54) is 7.11 Å². The van der Waals surface area contributed by atoms with Crippen LogP contribution in [0.4, 0.5) is 0 Å². The molecule has 0 spiro atoms. The summed E-state index contributed by atoms with van der Waals surface area (Å²) in [6.45, 7) is 0. The zero-order valence-corrected chi connectivity index (χ0v) is 12.3. The lowest BCUT2D eigenvalue weighted by Gasteiger charge is -2.20. The van der Waals surface area contributed by atoms with E-state index in [2.05, 4.69) is 5.48 Å². The molecular weight excluding hydrogens is 282 g/mol. The Hall–Kier alpha value is -2.21. The van der Waals surface area contributed by atoms with Crippen LogP contribution in [0.15, 0.2) is 60.7 Å². The molecule has 0 aliphatic carbocycles. The topological polar surface area (TPSA) is 67.8 Å². The Morgan fingerprint density at radius 1 is 1.09 bits per heavy atom. The third-order valence-corrected chi connectivity index (χ3v) is 3.21. The first-order valence-electron chi connectivity index (χ1n) is 6.98. The summed E-state index contributed by atoms with van der Waals surface area (Å²) < 4.78 is 4.87. The van der Waals surface area contributed by atoms with Gasteiger partial charge in [0.2, 0.25) is 0 Å². The van der Waals surface area contributed by atoms with E-state index in [0.717, 1.165) is 5.56 Å². The number of carbonyl (C=O) groups excluding carboxylic acids is 1. The highest BCUT2D eigenvalue weighted by molar-refractivity contribution is 5.89. The van der Waals surface area contributed by atoms with E-state index in [-0.39, 0.29) is 12.5 Å². The lowest BCUT2D eigenvalue weighted by Crippen LogP contribution is -2.29. The van der Waals surface area contributed by atoms with Crippen molar-refractivity contribution >= 4 is 5.97 Å². The van der Waals surface area contributed by atoms with E-state index in [0.29, 0.717) is 5.56 Å². The van der Waals surface area contributed by atoms with Gasteiger partial charge in [-0.25, -0.2) is 4.79 Å². The van der Waals surface area contributed by atoms with Crippen LogP contribution in [-0.4, -0.2) is 24.5 Å². The largest absolute Gasteiger partial charge is 0.368 e. The van der Waals surface area contributed by atoms with Crippen LogP contribution in [0.1, 0.15) is 28.4 Å². The quantitative estimate of drug-likeness (QED) is 0.607. The molecule has 0 radical (unpaired) electrons. The first-order valence-corrected chi connectivity index (χ1v) is 6.98. The molecule has 0 saturated heterocycles. The minimum atomic E-state index is -0.951. The molecule has 2 unspecified atom stereocenters. The van der Waals surface area contributed by atoms with Crippen molar-refractivity contribution in [2.75, 3.05) is 7.11 Å². The Balaban J connectivity index is 2.02. The monoisotopic (exact) mass is 301 g/mol. The van der Waals surface area contributed by atoms with Crippen LogP contribution in [0.25, 0.3) is 0 Å². The van der Waals surface area contributed by atoms with Crippen molar-refractivity contribution in [3.63, 3.8) is 0 Å².